The van der Waals surface area contributed by atoms with Gasteiger partial charge in [0.05, 0.1) is 5.54 Å². The van der Waals surface area contributed by atoms with Crippen molar-refractivity contribution >= 4 is 29.4 Å². The van der Waals surface area contributed by atoms with Gasteiger partial charge in [0.15, 0.2) is 0 Å². The predicted octanol–water partition coefficient (Wildman–Crippen LogP) is 3.72. The quantitative estimate of drug-likeness (QED) is 0.351. The molecule has 7 heteroatoms. The number of aromatic nitrogens is 1. The highest BCUT2D eigenvalue weighted by Crippen LogP contribution is 2.44. The highest BCUT2D eigenvalue weighted by Gasteiger charge is 2.46. The molecule has 3 N–H and O–H groups in total. The number of rotatable bonds is 8. The summed E-state index contributed by atoms with van der Waals surface area (Å²) in [6, 6.07) is 3.83. The van der Waals surface area contributed by atoms with Crippen LogP contribution in [-0.2, 0) is 4.79 Å². The van der Waals surface area contributed by atoms with E-state index >= 15 is 0 Å². The van der Waals surface area contributed by atoms with Crippen molar-refractivity contribution in [3.63, 3.8) is 0 Å². The average Bonchev–Trinajstić information content (AvgIpc) is 3.51. The Hall–Kier alpha value is -1.89. The number of pyridine rings is 1. The van der Waals surface area contributed by atoms with Gasteiger partial charge in [-0.05, 0) is 62.0 Å². The number of hydrogen-bond acceptors (Lipinski definition) is 5. The molecule has 0 bridgehead atoms. The molecule has 2 fully saturated rings. The Labute approximate surface area is 171 Å². The van der Waals surface area contributed by atoms with E-state index < -0.39 is 5.54 Å². The van der Waals surface area contributed by atoms with E-state index in [1.807, 2.05) is 13.0 Å². The van der Waals surface area contributed by atoms with Crippen LogP contribution in [0.25, 0.3) is 0 Å². The highest BCUT2D eigenvalue weighted by molar-refractivity contribution is 7.99. The van der Waals surface area contributed by atoms with E-state index in [9.17, 15) is 9.59 Å². The van der Waals surface area contributed by atoms with E-state index in [1.165, 1.54) is 25.3 Å². The van der Waals surface area contributed by atoms with Crippen LogP contribution in [0.2, 0.25) is 0 Å². The van der Waals surface area contributed by atoms with Crippen LogP contribution in [0.4, 0.5) is 0 Å². The summed E-state index contributed by atoms with van der Waals surface area (Å²) in [5, 5.41) is 14.8. The van der Waals surface area contributed by atoms with Crippen molar-refractivity contribution in [1.29, 1.82) is 5.41 Å². The van der Waals surface area contributed by atoms with Gasteiger partial charge in [-0.3, -0.25) is 15.0 Å². The Morgan fingerprint density at radius 2 is 1.96 bits per heavy atom. The molecule has 28 heavy (non-hydrogen) atoms. The van der Waals surface area contributed by atoms with Crippen LogP contribution in [0.3, 0.4) is 0 Å². The van der Waals surface area contributed by atoms with Gasteiger partial charge >= 0.3 is 0 Å². The second-order valence-electron chi connectivity index (χ2n) is 8.56. The summed E-state index contributed by atoms with van der Waals surface area (Å²) in [4.78, 5) is 29.1. The smallest absolute Gasteiger partial charge is 0.270 e. The van der Waals surface area contributed by atoms with Crippen molar-refractivity contribution in [1.82, 2.24) is 15.6 Å². The lowest BCUT2D eigenvalue weighted by Crippen LogP contribution is -2.59. The normalized spacial score (nSPS) is 18.5. The zero-order valence-electron chi connectivity index (χ0n) is 17.1. The number of amidine groups is 1. The molecule has 0 spiro atoms. The van der Waals surface area contributed by atoms with E-state index in [0.717, 1.165) is 23.6 Å². The summed E-state index contributed by atoms with van der Waals surface area (Å²) >= 11 is 1.72. The minimum Gasteiger partial charge on any atom is -0.338 e. The van der Waals surface area contributed by atoms with Gasteiger partial charge < -0.3 is 10.6 Å². The van der Waals surface area contributed by atoms with Gasteiger partial charge in [-0.1, -0.05) is 19.9 Å². The topological polar surface area (TPSA) is 94.9 Å². The van der Waals surface area contributed by atoms with Crippen LogP contribution in [0.15, 0.2) is 17.2 Å². The Morgan fingerprint density at radius 1 is 1.29 bits per heavy atom. The Morgan fingerprint density at radius 3 is 2.50 bits per heavy atom. The Kier molecular flexibility index (Phi) is 6.12. The molecular formula is C21H30N4O2S. The summed E-state index contributed by atoms with van der Waals surface area (Å²) in [7, 11) is 0. The molecule has 152 valence electrons. The lowest BCUT2D eigenvalue weighted by Gasteiger charge is -2.31. The van der Waals surface area contributed by atoms with Crippen LogP contribution in [0.1, 0.15) is 75.3 Å². The van der Waals surface area contributed by atoms with Crippen molar-refractivity contribution in [2.75, 3.05) is 5.75 Å². The first-order valence-electron chi connectivity index (χ1n) is 10.0. The fraction of sp³-hybridized carbons (Fsp3) is 0.619. The van der Waals surface area contributed by atoms with Crippen molar-refractivity contribution in [2.24, 2.45) is 11.8 Å². The number of hydrogen-bond donors (Lipinski definition) is 3. The maximum Gasteiger partial charge on any atom is 0.270 e. The monoisotopic (exact) mass is 402 g/mol. The maximum atomic E-state index is 13.0. The summed E-state index contributed by atoms with van der Waals surface area (Å²) in [5.41, 5.74) is 0.737. The summed E-state index contributed by atoms with van der Waals surface area (Å²) in [6.07, 6.45) is 4.25. The number of thioether (sulfide) groups is 1. The van der Waals surface area contributed by atoms with E-state index in [-0.39, 0.29) is 23.6 Å². The largest absolute Gasteiger partial charge is 0.338 e. The molecule has 2 aliphatic carbocycles. The van der Waals surface area contributed by atoms with Gasteiger partial charge in [-0.25, -0.2) is 4.98 Å². The van der Waals surface area contributed by atoms with Gasteiger partial charge in [-0.2, -0.15) is 0 Å². The molecule has 1 aromatic rings. The summed E-state index contributed by atoms with van der Waals surface area (Å²) in [6.45, 7) is 7.54. The average molecular weight is 403 g/mol. The van der Waals surface area contributed by atoms with Gasteiger partial charge in [0, 0.05) is 12.7 Å². The SMILES string of the molecule is CC(=O)NC(=N)[C@@](C)(NC(=O)c1ccc(C2CC2)c(SCC(C)C)n1)C1CC1. The minimum absolute atomic E-state index is 0.0415. The van der Waals surface area contributed by atoms with E-state index in [1.54, 1.807) is 17.8 Å². The standard InChI is InChI=1S/C21H30N4O2S/c1-12(2)11-28-19-16(14-5-6-14)9-10-17(24-19)18(27)25-21(4,15-7-8-15)20(22)23-13(3)26/h9-10,12,14-15H,5-8,11H2,1-4H3,(H,25,27)(H2,22,23,26)/t21-/m0/s1. The fourth-order valence-electron chi connectivity index (χ4n) is 3.28. The molecular weight excluding hydrogens is 372 g/mol. The first-order valence-corrected chi connectivity index (χ1v) is 11.0. The second-order valence-corrected chi connectivity index (χ2v) is 9.57. The molecule has 0 unspecified atom stereocenters. The van der Waals surface area contributed by atoms with Crippen molar-refractivity contribution in [2.45, 2.75) is 69.9 Å². The first kappa shape index (κ1) is 20.8. The van der Waals surface area contributed by atoms with Crippen LogP contribution in [0.5, 0.6) is 0 Å². The van der Waals surface area contributed by atoms with Crippen molar-refractivity contribution in [3.05, 3.63) is 23.4 Å². The Bertz CT molecular complexity index is 787. The van der Waals surface area contributed by atoms with Crippen LogP contribution >= 0.6 is 11.8 Å². The number of carbonyl (C=O) groups is 2. The van der Waals surface area contributed by atoms with Crippen molar-refractivity contribution < 1.29 is 9.59 Å². The van der Waals surface area contributed by atoms with Gasteiger partial charge in [0.2, 0.25) is 5.91 Å². The summed E-state index contributed by atoms with van der Waals surface area (Å²) < 4.78 is 0. The van der Waals surface area contributed by atoms with Gasteiger partial charge in [0.25, 0.3) is 5.91 Å². The zero-order chi connectivity index (χ0) is 20.5. The van der Waals surface area contributed by atoms with Crippen molar-refractivity contribution in [3.8, 4) is 0 Å². The lowest BCUT2D eigenvalue weighted by molar-refractivity contribution is -0.117. The van der Waals surface area contributed by atoms with Gasteiger partial charge in [0.1, 0.15) is 16.6 Å². The molecule has 2 aliphatic rings. The highest BCUT2D eigenvalue weighted by atomic mass is 32.2. The third-order valence-electron chi connectivity index (χ3n) is 5.28. The number of amides is 2. The third-order valence-corrected chi connectivity index (χ3v) is 6.71. The van der Waals surface area contributed by atoms with E-state index in [2.05, 4.69) is 29.5 Å². The van der Waals surface area contributed by atoms with Crippen LogP contribution < -0.4 is 10.6 Å². The minimum atomic E-state index is -0.884. The zero-order valence-corrected chi connectivity index (χ0v) is 17.9. The third kappa shape index (κ3) is 4.93. The molecule has 3 rings (SSSR count). The molecule has 0 aliphatic heterocycles. The molecule has 6 nitrogen and oxygen atoms in total. The van der Waals surface area contributed by atoms with Crippen LogP contribution in [-0.4, -0.2) is 33.9 Å². The number of carbonyl (C=O) groups excluding carboxylic acids is 2. The summed E-state index contributed by atoms with van der Waals surface area (Å²) in [5.74, 6) is 1.70. The molecule has 1 heterocycles. The first-order chi connectivity index (χ1) is 13.2. The fourth-order valence-corrected chi connectivity index (χ4v) is 4.33. The predicted molar refractivity (Wildman–Crippen MR) is 112 cm³/mol. The molecule has 2 saturated carbocycles. The molecule has 0 saturated heterocycles. The van der Waals surface area contributed by atoms with Gasteiger partial charge in [-0.15, -0.1) is 11.8 Å². The molecule has 1 atom stereocenters. The van der Waals surface area contributed by atoms with E-state index in [4.69, 9.17) is 5.41 Å². The second kappa shape index (κ2) is 8.23. The lowest BCUT2D eigenvalue weighted by atomic mass is 9.93. The molecule has 0 radical (unpaired) electrons. The number of nitrogens with one attached hydrogen (secondary N) is 3. The Balaban J connectivity index is 1.79. The maximum absolute atomic E-state index is 13.0. The van der Waals surface area contributed by atoms with E-state index in [0.29, 0.717) is 17.5 Å². The molecule has 2 amide bonds. The molecule has 0 aromatic carbocycles. The van der Waals surface area contributed by atoms with Crippen LogP contribution in [0, 0.1) is 17.2 Å². The number of nitrogens with zero attached hydrogens (tertiary/aromatic N) is 1. The molecule has 1 aromatic heterocycles.